The van der Waals surface area contributed by atoms with Gasteiger partial charge in [0.1, 0.15) is 5.01 Å². The van der Waals surface area contributed by atoms with Crippen molar-refractivity contribution in [1.29, 1.82) is 0 Å². The van der Waals surface area contributed by atoms with Crippen LogP contribution in [0.3, 0.4) is 0 Å². The topological polar surface area (TPSA) is 72.7 Å². The number of benzene rings is 1. The van der Waals surface area contributed by atoms with Gasteiger partial charge < -0.3 is 0 Å². The number of aryl methyl sites for hydroxylation is 2. The fourth-order valence-electron chi connectivity index (χ4n) is 2.60. The maximum atomic E-state index is 12.6. The molecule has 3 aromatic rings. The van der Waals surface area contributed by atoms with Gasteiger partial charge in [0.15, 0.2) is 0 Å². The van der Waals surface area contributed by atoms with Crippen molar-refractivity contribution < 1.29 is 4.79 Å². The Morgan fingerprint density at radius 1 is 1.20 bits per heavy atom. The molecular weight excluding hydrogens is 334 g/mol. The molecule has 0 saturated carbocycles. The molecule has 0 aliphatic rings. The third-order valence-corrected chi connectivity index (χ3v) is 4.78. The van der Waals surface area contributed by atoms with Gasteiger partial charge in [0, 0.05) is 6.42 Å². The van der Waals surface area contributed by atoms with Crippen molar-refractivity contribution >= 4 is 22.4 Å². The second kappa shape index (κ2) is 7.57. The first-order valence-electron chi connectivity index (χ1n) is 8.40. The molecule has 0 aliphatic heterocycles. The quantitative estimate of drug-likeness (QED) is 0.730. The van der Waals surface area contributed by atoms with Gasteiger partial charge in [-0.1, -0.05) is 42.9 Å². The number of hydrogen-bond donors (Lipinski definition) is 1. The Morgan fingerprint density at radius 3 is 2.64 bits per heavy atom. The lowest BCUT2D eigenvalue weighted by Crippen LogP contribution is -2.14. The number of amides is 1. The number of nitrogens with one attached hydrogen (secondary N) is 1. The Hall–Kier alpha value is -2.54. The summed E-state index contributed by atoms with van der Waals surface area (Å²) in [5, 5.41) is 16.8. The SMILES string of the molecule is CCCc1nnc(NC(=O)c2cnn(-c3ccc(C)cc3)c2CC)s1. The molecule has 0 aliphatic carbocycles. The van der Waals surface area contributed by atoms with Crippen LogP contribution in [0.15, 0.2) is 30.5 Å². The molecule has 0 saturated heterocycles. The van der Waals surface area contributed by atoms with Crippen molar-refractivity contribution in [3.05, 3.63) is 52.3 Å². The van der Waals surface area contributed by atoms with Crippen LogP contribution in [0.1, 0.15) is 46.9 Å². The molecule has 0 fully saturated rings. The molecule has 6 nitrogen and oxygen atoms in total. The predicted octanol–water partition coefficient (Wildman–Crippen LogP) is 3.80. The predicted molar refractivity (Wildman–Crippen MR) is 99.5 cm³/mol. The lowest BCUT2D eigenvalue weighted by molar-refractivity contribution is 0.102. The average Bonchev–Trinajstić information content (AvgIpc) is 3.22. The first-order chi connectivity index (χ1) is 12.1. The molecule has 130 valence electrons. The number of carbonyl (C=O) groups excluding carboxylic acids is 1. The Bertz CT molecular complexity index is 866. The summed E-state index contributed by atoms with van der Waals surface area (Å²) in [5.74, 6) is -0.200. The molecule has 1 amide bonds. The normalized spacial score (nSPS) is 10.8. The molecule has 25 heavy (non-hydrogen) atoms. The van der Waals surface area contributed by atoms with E-state index in [4.69, 9.17) is 0 Å². The number of aromatic nitrogens is 4. The van der Waals surface area contributed by atoms with Crippen LogP contribution in [0.4, 0.5) is 5.13 Å². The standard InChI is InChI=1S/C18H21N5OS/c1-4-6-16-21-22-18(25-16)20-17(24)14-11-19-23(15(14)5-2)13-9-7-12(3)8-10-13/h7-11H,4-6H2,1-3H3,(H,20,22,24). The summed E-state index contributed by atoms with van der Waals surface area (Å²) in [5.41, 5.74) is 3.57. The number of anilines is 1. The maximum Gasteiger partial charge on any atom is 0.260 e. The van der Waals surface area contributed by atoms with Crippen molar-refractivity contribution in [3.63, 3.8) is 0 Å². The van der Waals surface area contributed by atoms with E-state index in [1.807, 2.05) is 42.8 Å². The Labute approximate surface area is 150 Å². The van der Waals surface area contributed by atoms with Crippen LogP contribution in [0.2, 0.25) is 0 Å². The molecule has 0 unspecified atom stereocenters. The fourth-order valence-corrected chi connectivity index (χ4v) is 3.43. The van der Waals surface area contributed by atoms with Crippen molar-refractivity contribution in [1.82, 2.24) is 20.0 Å². The van der Waals surface area contributed by atoms with E-state index >= 15 is 0 Å². The zero-order valence-corrected chi connectivity index (χ0v) is 15.4. The number of rotatable bonds is 6. The summed E-state index contributed by atoms with van der Waals surface area (Å²) in [6.07, 6.45) is 4.20. The first kappa shape index (κ1) is 17.3. The minimum Gasteiger partial charge on any atom is -0.296 e. The van der Waals surface area contributed by atoms with Crippen LogP contribution >= 0.6 is 11.3 Å². The molecule has 7 heteroatoms. The molecular formula is C18H21N5OS. The van der Waals surface area contributed by atoms with Crippen molar-refractivity contribution in [3.8, 4) is 5.69 Å². The molecule has 2 aromatic heterocycles. The summed E-state index contributed by atoms with van der Waals surface area (Å²) in [7, 11) is 0. The molecule has 0 spiro atoms. The summed E-state index contributed by atoms with van der Waals surface area (Å²) >= 11 is 1.42. The zero-order chi connectivity index (χ0) is 17.8. The van der Waals surface area contributed by atoms with Gasteiger partial charge in [-0.05, 0) is 31.9 Å². The molecule has 3 rings (SSSR count). The monoisotopic (exact) mass is 355 g/mol. The van der Waals surface area contributed by atoms with E-state index in [1.54, 1.807) is 6.20 Å². The highest BCUT2D eigenvalue weighted by Crippen LogP contribution is 2.20. The second-order valence-corrected chi connectivity index (χ2v) is 6.87. The van der Waals surface area contributed by atoms with Gasteiger partial charge in [0.2, 0.25) is 5.13 Å². The smallest absolute Gasteiger partial charge is 0.260 e. The lowest BCUT2D eigenvalue weighted by atomic mass is 10.2. The van der Waals surface area contributed by atoms with Crippen molar-refractivity contribution in [2.45, 2.75) is 40.0 Å². The highest BCUT2D eigenvalue weighted by atomic mass is 32.1. The summed E-state index contributed by atoms with van der Waals surface area (Å²) in [4.78, 5) is 12.6. The summed E-state index contributed by atoms with van der Waals surface area (Å²) < 4.78 is 1.82. The van der Waals surface area contributed by atoms with Crippen LogP contribution in [0, 0.1) is 6.92 Å². The summed E-state index contributed by atoms with van der Waals surface area (Å²) in [6.45, 7) is 6.15. The molecule has 1 N–H and O–H groups in total. The fraction of sp³-hybridized carbons (Fsp3) is 0.333. The Kier molecular flexibility index (Phi) is 5.23. The van der Waals surface area contributed by atoms with Gasteiger partial charge in [-0.3, -0.25) is 10.1 Å². The first-order valence-corrected chi connectivity index (χ1v) is 9.21. The van der Waals surface area contributed by atoms with E-state index in [2.05, 4.69) is 27.5 Å². The van der Waals surface area contributed by atoms with Crippen molar-refractivity contribution in [2.24, 2.45) is 0 Å². The third kappa shape index (κ3) is 3.76. The van der Waals surface area contributed by atoms with E-state index in [9.17, 15) is 4.79 Å². The largest absolute Gasteiger partial charge is 0.296 e. The van der Waals surface area contributed by atoms with E-state index in [0.29, 0.717) is 17.1 Å². The van der Waals surface area contributed by atoms with Gasteiger partial charge in [-0.15, -0.1) is 10.2 Å². The van der Waals surface area contributed by atoms with Crippen LogP contribution < -0.4 is 5.32 Å². The van der Waals surface area contributed by atoms with Crippen molar-refractivity contribution in [2.75, 3.05) is 5.32 Å². The Morgan fingerprint density at radius 2 is 1.96 bits per heavy atom. The van der Waals surface area contributed by atoms with E-state index in [1.165, 1.54) is 16.9 Å². The van der Waals surface area contributed by atoms with Gasteiger partial charge in [0.25, 0.3) is 5.91 Å². The zero-order valence-electron chi connectivity index (χ0n) is 14.6. The maximum absolute atomic E-state index is 12.6. The van der Waals surface area contributed by atoms with Gasteiger partial charge in [-0.25, -0.2) is 4.68 Å². The molecule has 2 heterocycles. The van der Waals surface area contributed by atoms with Crippen LogP contribution in [-0.2, 0) is 12.8 Å². The average molecular weight is 355 g/mol. The van der Waals surface area contributed by atoms with E-state index in [-0.39, 0.29) is 5.91 Å². The second-order valence-electron chi connectivity index (χ2n) is 5.81. The molecule has 0 atom stereocenters. The number of nitrogens with zero attached hydrogens (tertiary/aromatic N) is 4. The van der Waals surface area contributed by atoms with Gasteiger partial charge in [-0.2, -0.15) is 5.10 Å². The highest BCUT2D eigenvalue weighted by molar-refractivity contribution is 7.15. The molecule has 0 radical (unpaired) electrons. The highest BCUT2D eigenvalue weighted by Gasteiger charge is 2.18. The number of hydrogen-bond acceptors (Lipinski definition) is 5. The van der Waals surface area contributed by atoms with Crippen LogP contribution in [0.5, 0.6) is 0 Å². The van der Waals surface area contributed by atoms with E-state index < -0.39 is 0 Å². The third-order valence-electron chi connectivity index (χ3n) is 3.88. The van der Waals surface area contributed by atoms with Gasteiger partial charge >= 0.3 is 0 Å². The molecule has 0 bridgehead atoms. The lowest BCUT2D eigenvalue weighted by Gasteiger charge is -2.08. The minimum absolute atomic E-state index is 0.200. The van der Waals surface area contributed by atoms with Crippen LogP contribution in [-0.4, -0.2) is 25.9 Å². The minimum atomic E-state index is -0.200. The molecule has 1 aromatic carbocycles. The number of carbonyl (C=O) groups is 1. The summed E-state index contributed by atoms with van der Waals surface area (Å²) in [6, 6.07) is 8.08. The Balaban J connectivity index is 1.84. The van der Waals surface area contributed by atoms with Crippen LogP contribution in [0.25, 0.3) is 5.69 Å². The van der Waals surface area contributed by atoms with E-state index in [0.717, 1.165) is 29.2 Å². The van der Waals surface area contributed by atoms with Gasteiger partial charge in [0.05, 0.1) is 23.1 Å².